The van der Waals surface area contributed by atoms with E-state index in [1.54, 1.807) is 7.11 Å². The molecule has 0 aliphatic carbocycles. The molecule has 1 rings (SSSR count). The van der Waals surface area contributed by atoms with Crippen LogP contribution in [0.25, 0.3) is 0 Å². The maximum Gasteiger partial charge on any atom is 0.326 e. The molecule has 1 aromatic heterocycles. The van der Waals surface area contributed by atoms with Crippen LogP contribution in [0.3, 0.4) is 0 Å². The highest BCUT2D eigenvalue weighted by atomic mass is 32.1. The minimum absolute atomic E-state index is 0.305. The number of nitrogens with one attached hydrogen (secondary N) is 1. The first-order valence-electron chi connectivity index (χ1n) is 5.83. The summed E-state index contributed by atoms with van der Waals surface area (Å²) in [5.74, 6) is 0.120. The number of carbonyl (C=O) groups is 1. The fourth-order valence-electron chi connectivity index (χ4n) is 1.45. The van der Waals surface area contributed by atoms with Crippen molar-refractivity contribution in [2.45, 2.75) is 32.7 Å². The zero-order valence-corrected chi connectivity index (χ0v) is 11.7. The molecule has 0 fully saturated rings. The van der Waals surface area contributed by atoms with E-state index in [1.807, 2.05) is 13.8 Å². The highest BCUT2D eigenvalue weighted by molar-refractivity contribution is 7.09. The Bertz CT molecular complexity index is 381. The summed E-state index contributed by atoms with van der Waals surface area (Å²) in [6, 6.07) is -0.617. The molecule has 0 saturated heterocycles. The maximum absolute atomic E-state index is 11.1. The van der Waals surface area contributed by atoms with Gasteiger partial charge >= 0.3 is 5.97 Å². The van der Waals surface area contributed by atoms with E-state index in [0.717, 1.165) is 0 Å². The quantitative estimate of drug-likeness (QED) is 0.749. The van der Waals surface area contributed by atoms with Crippen LogP contribution in [0.15, 0.2) is 0 Å². The van der Waals surface area contributed by atoms with E-state index < -0.39 is 12.0 Å². The number of ether oxygens (including phenoxy) is 1. The number of methoxy groups -OCH3 is 1. The third kappa shape index (κ3) is 4.97. The Morgan fingerprint density at radius 1 is 1.56 bits per heavy atom. The van der Waals surface area contributed by atoms with E-state index >= 15 is 0 Å². The molecule has 102 valence electrons. The molecule has 1 heterocycles. The van der Waals surface area contributed by atoms with E-state index in [0.29, 0.717) is 36.3 Å². The zero-order chi connectivity index (χ0) is 13.5. The van der Waals surface area contributed by atoms with Gasteiger partial charge in [-0.2, -0.15) is 4.37 Å². The van der Waals surface area contributed by atoms with Gasteiger partial charge in [-0.05, 0) is 12.3 Å². The minimum Gasteiger partial charge on any atom is -0.480 e. The SMILES string of the molecule is COCCc1nsc(N[C@H](CC(C)C)C(=O)O)n1. The Morgan fingerprint density at radius 2 is 2.28 bits per heavy atom. The molecule has 0 radical (unpaired) electrons. The number of hydrogen-bond donors (Lipinski definition) is 2. The first-order chi connectivity index (χ1) is 8.52. The summed E-state index contributed by atoms with van der Waals surface area (Å²) >= 11 is 1.18. The third-order valence-corrected chi connectivity index (χ3v) is 2.98. The summed E-state index contributed by atoms with van der Waals surface area (Å²) in [6.45, 7) is 4.54. The second-order valence-corrected chi connectivity index (χ2v) is 5.18. The van der Waals surface area contributed by atoms with Crippen LogP contribution in [0.5, 0.6) is 0 Å². The van der Waals surface area contributed by atoms with Gasteiger partial charge in [0, 0.05) is 25.1 Å². The largest absolute Gasteiger partial charge is 0.480 e. The lowest BCUT2D eigenvalue weighted by atomic mass is 10.0. The average molecular weight is 273 g/mol. The molecule has 1 atom stereocenters. The molecule has 0 saturated carbocycles. The number of carboxylic acid groups (broad SMARTS) is 1. The van der Waals surface area contributed by atoms with Crippen molar-refractivity contribution in [3.8, 4) is 0 Å². The van der Waals surface area contributed by atoms with E-state index in [2.05, 4.69) is 14.7 Å². The second kappa shape index (κ2) is 7.27. The van der Waals surface area contributed by atoms with Crippen LogP contribution in [-0.4, -0.2) is 40.2 Å². The van der Waals surface area contributed by atoms with Gasteiger partial charge in [-0.25, -0.2) is 9.78 Å². The highest BCUT2D eigenvalue weighted by Crippen LogP contribution is 2.16. The predicted molar refractivity (Wildman–Crippen MR) is 70.0 cm³/mol. The van der Waals surface area contributed by atoms with Crippen LogP contribution in [0, 0.1) is 5.92 Å². The Balaban J connectivity index is 2.58. The number of aromatic nitrogens is 2. The van der Waals surface area contributed by atoms with E-state index in [-0.39, 0.29) is 0 Å². The van der Waals surface area contributed by atoms with Gasteiger partial charge in [-0.3, -0.25) is 0 Å². The van der Waals surface area contributed by atoms with Gasteiger partial charge in [0.05, 0.1) is 6.61 Å². The van der Waals surface area contributed by atoms with Crippen LogP contribution in [0.2, 0.25) is 0 Å². The molecule has 18 heavy (non-hydrogen) atoms. The molecule has 0 bridgehead atoms. The maximum atomic E-state index is 11.1. The molecular weight excluding hydrogens is 254 g/mol. The molecule has 0 unspecified atom stereocenters. The van der Waals surface area contributed by atoms with Crippen LogP contribution in [0.1, 0.15) is 26.1 Å². The fourth-order valence-corrected chi connectivity index (χ4v) is 2.11. The van der Waals surface area contributed by atoms with Crippen LogP contribution in [-0.2, 0) is 16.0 Å². The second-order valence-electron chi connectivity index (χ2n) is 4.42. The van der Waals surface area contributed by atoms with Gasteiger partial charge in [-0.15, -0.1) is 0 Å². The molecular formula is C11H19N3O3S. The third-order valence-electron chi connectivity index (χ3n) is 2.30. The molecule has 0 amide bonds. The van der Waals surface area contributed by atoms with E-state index in [1.165, 1.54) is 11.5 Å². The summed E-state index contributed by atoms with van der Waals surface area (Å²) in [5.41, 5.74) is 0. The van der Waals surface area contributed by atoms with Gasteiger partial charge in [-0.1, -0.05) is 13.8 Å². The first-order valence-corrected chi connectivity index (χ1v) is 6.61. The Labute approximate surface area is 111 Å². The Kier molecular flexibility index (Phi) is 6.00. The Hall–Kier alpha value is -1.21. The number of anilines is 1. The van der Waals surface area contributed by atoms with E-state index in [9.17, 15) is 4.79 Å². The van der Waals surface area contributed by atoms with Gasteiger partial charge in [0.25, 0.3) is 0 Å². The van der Waals surface area contributed by atoms with Crippen LogP contribution < -0.4 is 5.32 Å². The van der Waals surface area contributed by atoms with E-state index in [4.69, 9.17) is 9.84 Å². The van der Waals surface area contributed by atoms with Gasteiger partial charge in [0.1, 0.15) is 11.9 Å². The van der Waals surface area contributed by atoms with Crippen molar-refractivity contribution in [3.05, 3.63) is 5.82 Å². The van der Waals surface area contributed by atoms with Crippen molar-refractivity contribution >= 4 is 22.6 Å². The first kappa shape index (κ1) is 14.8. The van der Waals surface area contributed by atoms with Crippen molar-refractivity contribution in [1.82, 2.24) is 9.36 Å². The summed E-state index contributed by atoms with van der Waals surface area (Å²) in [6.07, 6.45) is 1.19. The summed E-state index contributed by atoms with van der Waals surface area (Å²) in [5, 5.41) is 12.6. The lowest BCUT2D eigenvalue weighted by Crippen LogP contribution is -2.30. The molecule has 0 aromatic carbocycles. The van der Waals surface area contributed by atoms with Gasteiger partial charge < -0.3 is 15.2 Å². The fraction of sp³-hybridized carbons (Fsp3) is 0.727. The molecule has 7 heteroatoms. The van der Waals surface area contributed by atoms with Crippen molar-refractivity contribution in [2.24, 2.45) is 5.92 Å². The molecule has 0 spiro atoms. The average Bonchev–Trinajstić information content (AvgIpc) is 2.72. The smallest absolute Gasteiger partial charge is 0.326 e. The Morgan fingerprint density at radius 3 is 2.83 bits per heavy atom. The number of rotatable bonds is 8. The lowest BCUT2D eigenvalue weighted by Gasteiger charge is -2.15. The number of hydrogen-bond acceptors (Lipinski definition) is 6. The molecule has 2 N–H and O–H groups in total. The molecule has 0 aliphatic heterocycles. The lowest BCUT2D eigenvalue weighted by molar-refractivity contribution is -0.138. The zero-order valence-electron chi connectivity index (χ0n) is 10.8. The molecule has 1 aromatic rings. The van der Waals surface area contributed by atoms with Crippen molar-refractivity contribution in [2.75, 3.05) is 19.0 Å². The number of carboxylic acids is 1. The summed E-state index contributed by atoms with van der Waals surface area (Å²) in [7, 11) is 1.62. The topological polar surface area (TPSA) is 84.3 Å². The number of aliphatic carboxylic acids is 1. The molecule has 6 nitrogen and oxygen atoms in total. The van der Waals surface area contributed by atoms with Crippen molar-refractivity contribution < 1.29 is 14.6 Å². The molecule has 0 aliphatic rings. The van der Waals surface area contributed by atoms with Crippen LogP contribution in [0.4, 0.5) is 5.13 Å². The normalized spacial score (nSPS) is 12.7. The van der Waals surface area contributed by atoms with Crippen molar-refractivity contribution in [1.29, 1.82) is 0 Å². The van der Waals surface area contributed by atoms with Gasteiger partial charge in [0.15, 0.2) is 0 Å². The monoisotopic (exact) mass is 273 g/mol. The van der Waals surface area contributed by atoms with Crippen molar-refractivity contribution in [3.63, 3.8) is 0 Å². The number of nitrogens with zero attached hydrogens (tertiary/aromatic N) is 2. The highest BCUT2D eigenvalue weighted by Gasteiger charge is 2.20. The van der Waals surface area contributed by atoms with Gasteiger partial charge in [0.2, 0.25) is 5.13 Å². The van der Waals surface area contributed by atoms with Crippen LogP contribution >= 0.6 is 11.5 Å². The predicted octanol–water partition coefficient (Wildman–Crippen LogP) is 1.64. The summed E-state index contributed by atoms with van der Waals surface area (Å²) < 4.78 is 9.08. The minimum atomic E-state index is -0.864. The standard InChI is InChI=1S/C11H19N3O3S/c1-7(2)6-8(10(15)16)12-11-13-9(14-18-11)4-5-17-3/h7-8H,4-6H2,1-3H3,(H,15,16)(H,12,13,14)/t8-/m1/s1. The summed E-state index contributed by atoms with van der Waals surface area (Å²) in [4.78, 5) is 15.3.